The van der Waals surface area contributed by atoms with E-state index in [1.807, 2.05) is 6.92 Å². The third-order valence-corrected chi connectivity index (χ3v) is 4.79. The van der Waals surface area contributed by atoms with Gasteiger partial charge in [-0.1, -0.05) is 24.6 Å². The molecule has 0 spiro atoms. The van der Waals surface area contributed by atoms with E-state index < -0.39 is 10.0 Å². The van der Waals surface area contributed by atoms with Crippen molar-refractivity contribution < 1.29 is 8.42 Å². The molecule has 114 valence electrons. The molecule has 0 fully saturated rings. The second kappa shape index (κ2) is 5.58. The average Bonchev–Trinajstić information content (AvgIpc) is 2.89. The zero-order chi connectivity index (χ0) is 15.7. The van der Waals surface area contributed by atoms with Crippen molar-refractivity contribution in [3.63, 3.8) is 0 Å². The Kier molecular flexibility index (Phi) is 3.76. The smallest absolute Gasteiger partial charge is 0.265 e. The molecule has 3 aromatic rings. The maximum absolute atomic E-state index is 12.6. The molecule has 0 unspecified atom stereocenters. The summed E-state index contributed by atoms with van der Waals surface area (Å²) in [6, 6.07) is 9.67. The van der Waals surface area contributed by atoms with Crippen LogP contribution in [0.2, 0.25) is 5.02 Å². The minimum atomic E-state index is -3.78. The Hall–Kier alpha value is -2.12. The summed E-state index contributed by atoms with van der Waals surface area (Å²) >= 11 is 5.88. The molecule has 6 nitrogen and oxygen atoms in total. The van der Waals surface area contributed by atoms with Crippen molar-refractivity contribution in [3.05, 3.63) is 53.4 Å². The van der Waals surface area contributed by atoms with Crippen molar-refractivity contribution in [2.45, 2.75) is 18.2 Å². The Morgan fingerprint density at radius 3 is 2.77 bits per heavy atom. The van der Waals surface area contributed by atoms with Gasteiger partial charge in [0.1, 0.15) is 10.7 Å². The van der Waals surface area contributed by atoms with E-state index in [4.69, 9.17) is 11.6 Å². The van der Waals surface area contributed by atoms with Crippen molar-refractivity contribution in [1.82, 2.24) is 14.6 Å². The molecule has 1 N–H and O–H groups in total. The van der Waals surface area contributed by atoms with E-state index >= 15 is 0 Å². The second-order valence-electron chi connectivity index (χ2n) is 4.65. The number of sulfonamides is 1. The van der Waals surface area contributed by atoms with Gasteiger partial charge >= 0.3 is 0 Å². The van der Waals surface area contributed by atoms with E-state index in [1.165, 1.54) is 6.07 Å². The van der Waals surface area contributed by atoms with Crippen molar-refractivity contribution >= 4 is 33.0 Å². The Morgan fingerprint density at radius 1 is 1.23 bits per heavy atom. The first-order chi connectivity index (χ1) is 10.5. The number of pyridine rings is 1. The lowest BCUT2D eigenvalue weighted by Crippen LogP contribution is -2.14. The fourth-order valence-electron chi connectivity index (χ4n) is 2.15. The van der Waals surface area contributed by atoms with Crippen LogP contribution in [0.4, 0.5) is 5.69 Å². The summed E-state index contributed by atoms with van der Waals surface area (Å²) in [6.45, 7) is 1.93. The molecular formula is C14H13ClN4O2S. The molecule has 0 aliphatic rings. The van der Waals surface area contributed by atoms with Crippen LogP contribution in [0.1, 0.15) is 12.7 Å². The maximum Gasteiger partial charge on any atom is 0.265 e. The van der Waals surface area contributed by atoms with Crippen LogP contribution in [0, 0.1) is 0 Å². The van der Waals surface area contributed by atoms with Crippen LogP contribution in [-0.4, -0.2) is 23.0 Å². The number of anilines is 1. The minimum absolute atomic E-state index is 0.0715. The molecule has 0 aliphatic carbocycles. The van der Waals surface area contributed by atoms with Gasteiger partial charge in [0.05, 0.1) is 5.69 Å². The highest BCUT2D eigenvalue weighted by Gasteiger charge is 2.20. The Balaban J connectivity index is 2.08. The first-order valence-electron chi connectivity index (χ1n) is 6.62. The van der Waals surface area contributed by atoms with Crippen molar-refractivity contribution in [1.29, 1.82) is 0 Å². The topological polar surface area (TPSA) is 76.4 Å². The zero-order valence-electron chi connectivity index (χ0n) is 11.7. The normalized spacial score (nSPS) is 11.7. The summed E-state index contributed by atoms with van der Waals surface area (Å²) in [5, 5.41) is 8.44. The molecule has 1 aromatic carbocycles. The Labute approximate surface area is 132 Å². The quantitative estimate of drug-likeness (QED) is 0.794. The maximum atomic E-state index is 12.6. The standard InChI is InChI=1S/C14H13ClN4O2S/c1-2-13-16-17-14-12(7-4-8-19(13)14)22(20,21)18-11-6-3-5-10(15)9-11/h3-9,18H,2H2,1H3. The lowest BCUT2D eigenvalue weighted by molar-refractivity contribution is 0.601. The zero-order valence-corrected chi connectivity index (χ0v) is 13.3. The Bertz CT molecular complexity index is 937. The van der Waals surface area contributed by atoms with Gasteiger partial charge in [-0.3, -0.25) is 9.12 Å². The molecule has 2 aromatic heterocycles. The number of aryl methyl sites for hydroxylation is 1. The molecule has 0 saturated heterocycles. The average molecular weight is 337 g/mol. The summed E-state index contributed by atoms with van der Waals surface area (Å²) in [7, 11) is -3.78. The molecule has 2 heterocycles. The van der Waals surface area contributed by atoms with Gasteiger partial charge in [-0.15, -0.1) is 10.2 Å². The SMILES string of the molecule is CCc1nnc2c(S(=O)(=O)Nc3cccc(Cl)c3)cccn12. The Morgan fingerprint density at radius 2 is 2.05 bits per heavy atom. The van der Waals surface area contributed by atoms with Gasteiger partial charge in [-0.05, 0) is 30.3 Å². The highest BCUT2D eigenvalue weighted by Crippen LogP contribution is 2.22. The molecule has 0 radical (unpaired) electrons. The number of rotatable bonds is 4. The van der Waals surface area contributed by atoms with Crippen molar-refractivity contribution in [3.8, 4) is 0 Å². The van der Waals surface area contributed by atoms with Crippen molar-refractivity contribution in [2.24, 2.45) is 0 Å². The third-order valence-electron chi connectivity index (χ3n) is 3.15. The summed E-state index contributed by atoms with van der Waals surface area (Å²) in [6.07, 6.45) is 2.40. The van der Waals surface area contributed by atoms with Gasteiger partial charge < -0.3 is 0 Å². The molecule has 0 saturated carbocycles. The first kappa shape index (κ1) is 14.8. The number of benzene rings is 1. The van der Waals surface area contributed by atoms with Crippen LogP contribution in [0.15, 0.2) is 47.5 Å². The fourth-order valence-corrected chi connectivity index (χ4v) is 3.53. The van der Waals surface area contributed by atoms with Gasteiger partial charge in [0, 0.05) is 17.6 Å². The van der Waals surface area contributed by atoms with Crippen LogP contribution in [0.25, 0.3) is 5.65 Å². The summed E-state index contributed by atoms with van der Waals surface area (Å²) < 4.78 is 29.4. The lowest BCUT2D eigenvalue weighted by atomic mass is 10.3. The summed E-state index contributed by atoms with van der Waals surface area (Å²) in [5.74, 6) is 0.704. The van der Waals surface area contributed by atoms with Gasteiger partial charge in [-0.2, -0.15) is 0 Å². The van der Waals surface area contributed by atoms with E-state index in [0.717, 1.165) is 0 Å². The van der Waals surface area contributed by atoms with E-state index in [1.54, 1.807) is 40.9 Å². The van der Waals surface area contributed by atoms with Crippen LogP contribution < -0.4 is 4.72 Å². The van der Waals surface area contributed by atoms with Gasteiger partial charge in [0.25, 0.3) is 10.0 Å². The molecule has 0 amide bonds. The predicted octanol–water partition coefficient (Wildman–Crippen LogP) is 2.75. The largest absolute Gasteiger partial charge is 0.285 e. The fraction of sp³-hybridized carbons (Fsp3) is 0.143. The highest BCUT2D eigenvalue weighted by molar-refractivity contribution is 7.93. The summed E-state index contributed by atoms with van der Waals surface area (Å²) in [5.41, 5.74) is 0.693. The third kappa shape index (κ3) is 2.65. The number of hydrogen-bond donors (Lipinski definition) is 1. The minimum Gasteiger partial charge on any atom is -0.285 e. The second-order valence-corrected chi connectivity index (χ2v) is 6.74. The molecule has 22 heavy (non-hydrogen) atoms. The van der Waals surface area contributed by atoms with Gasteiger partial charge in [0.2, 0.25) is 0 Å². The first-order valence-corrected chi connectivity index (χ1v) is 8.48. The number of hydrogen-bond acceptors (Lipinski definition) is 4. The van der Waals surface area contributed by atoms with E-state index in [0.29, 0.717) is 28.6 Å². The van der Waals surface area contributed by atoms with Crippen LogP contribution >= 0.6 is 11.6 Å². The number of fused-ring (bicyclic) bond motifs is 1. The molecule has 8 heteroatoms. The van der Waals surface area contributed by atoms with Gasteiger partial charge in [-0.25, -0.2) is 8.42 Å². The number of halogens is 1. The molecule has 0 aliphatic heterocycles. The summed E-state index contributed by atoms with van der Waals surface area (Å²) in [4.78, 5) is 0.0715. The molecule has 3 rings (SSSR count). The van der Waals surface area contributed by atoms with Crippen LogP contribution in [-0.2, 0) is 16.4 Å². The number of nitrogens with one attached hydrogen (secondary N) is 1. The van der Waals surface area contributed by atoms with Gasteiger partial charge in [0.15, 0.2) is 5.65 Å². The highest BCUT2D eigenvalue weighted by atomic mass is 35.5. The van der Waals surface area contributed by atoms with Crippen LogP contribution in [0.5, 0.6) is 0 Å². The molecule has 0 atom stereocenters. The molecule has 0 bridgehead atoms. The number of aromatic nitrogens is 3. The van der Waals surface area contributed by atoms with Crippen molar-refractivity contribution in [2.75, 3.05) is 4.72 Å². The van der Waals surface area contributed by atoms with E-state index in [-0.39, 0.29) is 4.90 Å². The molecular weight excluding hydrogens is 324 g/mol. The lowest BCUT2D eigenvalue weighted by Gasteiger charge is -2.09. The predicted molar refractivity (Wildman–Crippen MR) is 84.6 cm³/mol. The number of nitrogens with zero attached hydrogens (tertiary/aromatic N) is 3. The van der Waals surface area contributed by atoms with Crippen LogP contribution in [0.3, 0.4) is 0 Å². The van der Waals surface area contributed by atoms with E-state index in [2.05, 4.69) is 14.9 Å². The van der Waals surface area contributed by atoms with E-state index in [9.17, 15) is 8.42 Å². The monoisotopic (exact) mass is 336 g/mol.